The maximum atomic E-state index is 12.4. The Morgan fingerprint density at radius 2 is 2.27 bits per heavy atom. The third-order valence-corrected chi connectivity index (χ3v) is 5.79. The van der Waals surface area contributed by atoms with Gasteiger partial charge in [-0.05, 0) is 35.9 Å². The molecule has 0 fully saturated rings. The Balaban J connectivity index is 1.32. The van der Waals surface area contributed by atoms with Crippen molar-refractivity contribution in [3.8, 4) is 0 Å². The molecule has 7 nitrogen and oxygen atoms in total. The summed E-state index contributed by atoms with van der Waals surface area (Å²) in [7, 11) is 0. The van der Waals surface area contributed by atoms with Crippen molar-refractivity contribution in [2.75, 3.05) is 16.4 Å². The standard InChI is InChI=1S/C17H14N4O3S2/c22-14(10-3-4-13-11(6-10)7-15(23)19-13)9-25-17-21-20-16(26-17)18-8-12-2-1-5-24-12/h1-6H,7-9H2,(H,18,20)(H,19,23). The second kappa shape index (κ2) is 7.30. The lowest BCUT2D eigenvalue weighted by Gasteiger charge is -2.02. The molecule has 0 saturated carbocycles. The molecule has 1 amide bonds. The molecule has 0 radical (unpaired) electrons. The Bertz CT molecular complexity index is 953. The molecule has 3 heterocycles. The zero-order valence-electron chi connectivity index (χ0n) is 13.5. The van der Waals surface area contributed by atoms with E-state index in [9.17, 15) is 9.59 Å². The van der Waals surface area contributed by atoms with Crippen molar-refractivity contribution in [1.29, 1.82) is 0 Å². The van der Waals surface area contributed by atoms with Gasteiger partial charge in [0.05, 0.1) is 25.0 Å². The number of furan rings is 1. The van der Waals surface area contributed by atoms with Gasteiger partial charge in [-0.3, -0.25) is 9.59 Å². The molecule has 0 bridgehead atoms. The van der Waals surface area contributed by atoms with Gasteiger partial charge in [0.2, 0.25) is 11.0 Å². The van der Waals surface area contributed by atoms with Crippen LogP contribution in [0.1, 0.15) is 21.7 Å². The number of ketones is 1. The van der Waals surface area contributed by atoms with E-state index in [0.29, 0.717) is 23.7 Å². The van der Waals surface area contributed by atoms with Crippen LogP contribution < -0.4 is 10.6 Å². The van der Waals surface area contributed by atoms with Crippen LogP contribution in [0.15, 0.2) is 45.4 Å². The van der Waals surface area contributed by atoms with E-state index in [1.54, 1.807) is 24.5 Å². The number of carbonyl (C=O) groups is 2. The van der Waals surface area contributed by atoms with Crippen molar-refractivity contribution in [1.82, 2.24) is 10.2 Å². The molecule has 0 saturated heterocycles. The Morgan fingerprint density at radius 3 is 3.12 bits per heavy atom. The summed E-state index contributed by atoms with van der Waals surface area (Å²) < 4.78 is 5.97. The average Bonchev–Trinajstić information content (AvgIpc) is 3.37. The van der Waals surface area contributed by atoms with E-state index in [2.05, 4.69) is 20.8 Å². The summed E-state index contributed by atoms with van der Waals surface area (Å²) in [6, 6.07) is 9.01. The molecular weight excluding hydrogens is 372 g/mol. The minimum absolute atomic E-state index is 0.00237. The van der Waals surface area contributed by atoms with E-state index >= 15 is 0 Å². The van der Waals surface area contributed by atoms with Gasteiger partial charge in [0.15, 0.2) is 10.1 Å². The van der Waals surface area contributed by atoms with Gasteiger partial charge in [0.25, 0.3) is 0 Å². The quantitative estimate of drug-likeness (QED) is 0.475. The lowest BCUT2D eigenvalue weighted by atomic mass is 10.1. The number of amides is 1. The lowest BCUT2D eigenvalue weighted by Crippen LogP contribution is -2.03. The van der Waals surface area contributed by atoms with E-state index in [1.807, 2.05) is 12.1 Å². The molecule has 3 aromatic rings. The van der Waals surface area contributed by atoms with E-state index < -0.39 is 0 Å². The molecule has 26 heavy (non-hydrogen) atoms. The zero-order valence-corrected chi connectivity index (χ0v) is 15.2. The molecule has 4 rings (SSSR count). The molecule has 1 aliphatic heterocycles. The number of thioether (sulfide) groups is 1. The van der Waals surface area contributed by atoms with Crippen LogP contribution in [-0.2, 0) is 17.8 Å². The zero-order chi connectivity index (χ0) is 17.9. The Morgan fingerprint density at radius 1 is 1.35 bits per heavy atom. The number of Topliss-reactive ketones (excluding diaryl/α,β-unsaturated/α-hetero) is 1. The van der Waals surface area contributed by atoms with Crippen LogP contribution in [0, 0.1) is 0 Å². The number of rotatable bonds is 7. The predicted molar refractivity (Wildman–Crippen MR) is 99.8 cm³/mol. The first kappa shape index (κ1) is 16.8. The van der Waals surface area contributed by atoms with Crippen molar-refractivity contribution in [2.24, 2.45) is 0 Å². The molecule has 1 aliphatic rings. The van der Waals surface area contributed by atoms with Gasteiger partial charge < -0.3 is 15.1 Å². The number of benzene rings is 1. The van der Waals surface area contributed by atoms with Crippen molar-refractivity contribution in [3.63, 3.8) is 0 Å². The van der Waals surface area contributed by atoms with Crippen LogP contribution in [0.2, 0.25) is 0 Å². The highest BCUT2D eigenvalue weighted by Crippen LogP contribution is 2.28. The Hall–Kier alpha value is -2.65. The van der Waals surface area contributed by atoms with Crippen molar-refractivity contribution in [3.05, 3.63) is 53.5 Å². The number of nitrogens with one attached hydrogen (secondary N) is 2. The summed E-state index contributed by atoms with van der Waals surface area (Å²) in [4.78, 5) is 23.8. The first-order chi connectivity index (χ1) is 12.7. The largest absolute Gasteiger partial charge is 0.467 e. The average molecular weight is 386 g/mol. The van der Waals surface area contributed by atoms with Crippen LogP contribution in [0.5, 0.6) is 0 Å². The van der Waals surface area contributed by atoms with Gasteiger partial charge in [0, 0.05) is 11.3 Å². The SMILES string of the molecule is O=C1Cc2cc(C(=O)CSc3nnc(NCc4ccco4)s3)ccc2N1. The number of anilines is 2. The molecule has 0 aliphatic carbocycles. The predicted octanol–water partition coefficient (Wildman–Crippen LogP) is 3.21. The molecule has 0 spiro atoms. The molecule has 132 valence electrons. The molecule has 1 aromatic carbocycles. The maximum absolute atomic E-state index is 12.4. The molecule has 2 aromatic heterocycles. The lowest BCUT2D eigenvalue weighted by molar-refractivity contribution is -0.115. The van der Waals surface area contributed by atoms with Gasteiger partial charge >= 0.3 is 0 Å². The molecule has 2 N–H and O–H groups in total. The fourth-order valence-corrected chi connectivity index (χ4v) is 4.17. The third-order valence-electron chi connectivity index (χ3n) is 3.78. The van der Waals surface area contributed by atoms with Gasteiger partial charge in [-0.25, -0.2) is 0 Å². The van der Waals surface area contributed by atoms with E-state index in [1.165, 1.54) is 23.1 Å². The van der Waals surface area contributed by atoms with Gasteiger partial charge in [-0.2, -0.15) is 0 Å². The van der Waals surface area contributed by atoms with Crippen LogP contribution in [0.4, 0.5) is 10.8 Å². The first-order valence-electron chi connectivity index (χ1n) is 7.86. The van der Waals surface area contributed by atoms with Crippen molar-refractivity contribution >= 4 is 45.6 Å². The summed E-state index contributed by atoms with van der Waals surface area (Å²) in [6.07, 6.45) is 1.94. The highest BCUT2D eigenvalue weighted by atomic mass is 32.2. The number of hydrogen-bond donors (Lipinski definition) is 2. The molecule has 9 heteroatoms. The fourth-order valence-electron chi connectivity index (χ4n) is 2.53. The number of fused-ring (bicyclic) bond motifs is 1. The highest BCUT2D eigenvalue weighted by Gasteiger charge is 2.19. The van der Waals surface area contributed by atoms with Crippen LogP contribution in [-0.4, -0.2) is 27.6 Å². The summed E-state index contributed by atoms with van der Waals surface area (Å²) in [5.74, 6) is 1.04. The van der Waals surface area contributed by atoms with E-state index in [-0.39, 0.29) is 17.4 Å². The van der Waals surface area contributed by atoms with Gasteiger partial charge in [-0.15, -0.1) is 10.2 Å². The van der Waals surface area contributed by atoms with Crippen LogP contribution >= 0.6 is 23.1 Å². The van der Waals surface area contributed by atoms with Crippen molar-refractivity contribution < 1.29 is 14.0 Å². The third kappa shape index (κ3) is 3.78. The minimum Gasteiger partial charge on any atom is -0.467 e. The highest BCUT2D eigenvalue weighted by molar-refractivity contribution is 8.01. The fraction of sp³-hybridized carbons (Fsp3) is 0.176. The monoisotopic (exact) mass is 386 g/mol. The van der Waals surface area contributed by atoms with E-state index in [4.69, 9.17) is 4.42 Å². The van der Waals surface area contributed by atoms with Crippen molar-refractivity contribution in [2.45, 2.75) is 17.3 Å². The maximum Gasteiger partial charge on any atom is 0.228 e. The van der Waals surface area contributed by atoms with Crippen LogP contribution in [0.25, 0.3) is 0 Å². The topological polar surface area (TPSA) is 97.1 Å². The summed E-state index contributed by atoms with van der Waals surface area (Å²) in [6.45, 7) is 0.535. The number of nitrogens with zero attached hydrogens (tertiary/aromatic N) is 2. The summed E-state index contributed by atoms with van der Waals surface area (Å²) in [5.41, 5.74) is 2.26. The van der Waals surface area contributed by atoms with E-state index in [0.717, 1.165) is 21.4 Å². The molecular formula is C17H14N4O3S2. The van der Waals surface area contributed by atoms with Gasteiger partial charge in [-0.1, -0.05) is 23.1 Å². The normalized spacial score (nSPS) is 12.7. The summed E-state index contributed by atoms with van der Waals surface area (Å²) >= 11 is 2.74. The number of carbonyl (C=O) groups excluding carboxylic acids is 2. The molecule has 0 atom stereocenters. The van der Waals surface area contributed by atoms with Crippen LogP contribution in [0.3, 0.4) is 0 Å². The Labute approximate surface area is 157 Å². The minimum atomic E-state index is -0.0394. The second-order valence-electron chi connectivity index (χ2n) is 5.61. The Kier molecular flexibility index (Phi) is 4.72. The second-order valence-corrected chi connectivity index (χ2v) is 7.81. The smallest absolute Gasteiger partial charge is 0.228 e. The number of hydrogen-bond acceptors (Lipinski definition) is 8. The van der Waals surface area contributed by atoms with Gasteiger partial charge in [0.1, 0.15) is 5.76 Å². The number of aromatic nitrogens is 2. The molecule has 0 unspecified atom stereocenters. The first-order valence-corrected chi connectivity index (χ1v) is 9.66. The summed E-state index contributed by atoms with van der Waals surface area (Å²) in [5, 5.41) is 14.7.